The van der Waals surface area contributed by atoms with Crippen LogP contribution in [-0.4, -0.2) is 52.3 Å². The number of benzene rings is 4. The lowest BCUT2D eigenvalue weighted by molar-refractivity contribution is -0.136. The van der Waals surface area contributed by atoms with E-state index in [-0.39, 0.29) is 39.5 Å². The number of halogens is 6. The Bertz CT molecular complexity index is 2600. The second-order valence-corrected chi connectivity index (χ2v) is 14.5. The van der Waals surface area contributed by atoms with Crippen molar-refractivity contribution in [1.29, 1.82) is 0 Å². The molecule has 0 fully saturated rings. The summed E-state index contributed by atoms with van der Waals surface area (Å²) in [6.45, 7) is -0.248. The van der Waals surface area contributed by atoms with E-state index in [1.54, 1.807) is 24.3 Å². The molecule has 0 spiro atoms. The summed E-state index contributed by atoms with van der Waals surface area (Å²) in [5.74, 6) is -2.15. The maximum atomic E-state index is 14.6. The second-order valence-electron chi connectivity index (χ2n) is 12.1. The van der Waals surface area contributed by atoms with Crippen molar-refractivity contribution in [2.75, 3.05) is 17.7 Å². The molecule has 6 aromatic rings. The summed E-state index contributed by atoms with van der Waals surface area (Å²) in [5, 5.41) is 15.5. The van der Waals surface area contributed by atoms with E-state index in [0.29, 0.717) is 23.4 Å². The van der Waals surface area contributed by atoms with Crippen LogP contribution >= 0.6 is 11.6 Å². The number of aryl methyl sites for hydroxylation is 1. The fraction of sp³-hybridized carbons (Fsp3) is 0.200. The van der Waals surface area contributed by atoms with Crippen molar-refractivity contribution in [1.82, 2.24) is 24.6 Å². The molecule has 6 rings (SSSR count). The van der Waals surface area contributed by atoms with E-state index in [1.807, 2.05) is 0 Å². The smallest absolute Gasteiger partial charge is 0.417 e. The summed E-state index contributed by atoms with van der Waals surface area (Å²) in [6.07, 6.45) is -6.28. The Balaban J connectivity index is 1.68. The number of nitrogens with one attached hydrogen (secondary N) is 1. The normalized spacial score (nSPS) is 12.6. The third-order valence-electron chi connectivity index (χ3n) is 8.46. The van der Waals surface area contributed by atoms with E-state index in [9.17, 15) is 45.1 Å². The van der Waals surface area contributed by atoms with Crippen LogP contribution in [0.4, 0.5) is 32.6 Å². The Kier molecular flexibility index (Phi) is 10.0. The minimum atomic E-state index is -5.04. The van der Waals surface area contributed by atoms with Gasteiger partial charge in [0, 0.05) is 19.5 Å². The molecule has 0 aliphatic carbocycles. The average molecular weight is 791 g/mol. The van der Waals surface area contributed by atoms with E-state index < -0.39 is 74.2 Å². The zero-order valence-electron chi connectivity index (χ0n) is 28.3. The summed E-state index contributed by atoms with van der Waals surface area (Å²) in [5.41, 5.74) is -2.93. The second kappa shape index (κ2) is 14.2. The van der Waals surface area contributed by atoms with Crippen LogP contribution in [-0.2, 0) is 36.2 Å². The molecule has 1 amide bonds. The summed E-state index contributed by atoms with van der Waals surface area (Å²) in [6, 6.07) is 12.6. The molecule has 0 unspecified atom stereocenters. The molecule has 12 nitrogen and oxygen atoms in total. The zero-order valence-corrected chi connectivity index (χ0v) is 29.9. The van der Waals surface area contributed by atoms with Crippen LogP contribution < -0.4 is 19.9 Å². The van der Waals surface area contributed by atoms with Gasteiger partial charge in [-0.25, -0.2) is 31.3 Å². The summed E-state index contributed by atoms with van der Waals surface area (Å²) in [7, 11) is -1.27. The van der Waals surface area contributed by atoms with Gasteiger partial charge in [-0.2, -0.15) is 18.3 Å². The lowest BCUT2D eigenvalue weighted by Gasteiger charge is -2.23. The van der Waals surface area contributed by atoms with Crippen LogP contribution in [0, 0.1) is 11.6 Å². The highest BCUT2D eigenvalue weighted by atomic mass is 35.5. The van der Waals surface area contributed by atoms with Crippen molar-refractivity contribution >= 4 is 55.3 Å². The Hall–Kier alpha value is -5.75. The SMILES string of the molecule is COc1ccc(CN(c2nn(C)c3c(-n4c([C@H](Cc5cc(F)cc(F)c5)NC(=O)O)nc5cccc(C(F)(F)F)c5c4=O)ccc(Cl)c23)S(C)(=O)=O)cc1. The van der Waals surface area contributed by atoms with Crippen molar-refractivity contribution in [3.05, 3.63) is 122 Å². The van der Waals surface area contributed by atoms with Crippen LogP contribution in [0.25, 0.3) is 27.5 Å². The average Bonchev–Trinajstić information content (AvgIpc) is 3.43. The molecule has 1 atom stereocenters. The predicted molar refractivity (Wildman–Crippen MR) is 190 cm³/mol. The lowest BCUT2D eigenvalue weighted by atomic mass is 10.0. The van der Waals surface area contributed by atoms with Crippen LogP contribution in [0.1, 0.15) is 28.6 Å². The summed E-state index contributed by atoms with van der Waals surface area (Å²) in [4.78, 5) is 31.0. The van der Waals surface area contributed by atoms with Gasteiger partial charge < -0.3 is 15.2 Å². The summed E-state index contributed by atoms with van der Waals surface area (Å²) < 4.78 is 106. The molecular weight excluding hydrogens is 763 g/mol. The van der Waals surface area contributed by atoms with Gasteiger partial charge in [-0.1, -0.05) is 29.8 Å². The third kappa shape index (κ3) is 7.38. The maximum absolute atomic E-state index is 14.6. The predicted octanol–water partition coefficient (Wildman–Crippen LogP) is 6.75. The number of amides is 1. The molecule has 2 heterocycles. The van der Waals surface area contributed by atoms with E-state index in [2.05, 4.69) is 15.4 Å². The minimum Gasteiger partial charge on any atom is -0.497 e. The molecule has 2 N–H and O–H groups in total. The van der Waals surface area contributed by atoms with Gasteiger partial charge in [-0.05, 0) is 59.7 Å². The van der Waals surface area contributed by atoms with Crippen LogP contribution in [0.2, 0.25) is 5.02 Å². The number of sulfonamides is 1. The monoisotopic (exact) mass is 790 g/mol. The molecule has 0 saturated carbocycles. The summed E-state index contributed by atoms with van der Waals surface area (Å²) >= 11 is 6.70. The van der Waals surface area contributed by atoms with E-state index in [4.69, 9.17) is 16.3 Å². The topological polar surface area (TPSA) is 149 Å². The Morgan fingerprint density at radius 1 is 1.02 bits per heavy atom. The molecule has 0 radical (unpaired) electrons. The highest BCUT2D eigenvalue weighted by molar-refractivity contribution is 7.92. The fourth-order valence-electron chi connectivity index (χ4n) is 6.21. The molecule has 0 bridgehead atoms. The van der Waals surface area contributed by atoms with Gasteiger partial charge in [0.25, 0.3) is 5.56 Å². The Labute approximate surface area is 308 Å². The number of ether oxygens (including phenoxy) is 1. The number of alkyl halides is 3. The van der Waals surface area contributed by atoms with Crippen molar-refractivity contribution in [2.45, 2.75) is 25.2 Å². The zero-order chi connectivity index (χ0) is 39.3. The van der Waals surface area contributed by atoms with Gasteiger partial charge in [-0.15, -0.1) is 0 Å². The first-order valence-corrected chi connectivity index (χ1v) is 17.9. The number of aromatic nitrogens is 4. The third-order valence-corrected chi connectivity index (χ3v) is 9.88. The molecule has 4 aromatic carbocycles. The number of hydrogen-bond acceptors (Lipinski definition) is 7. The van der Waals surface area contributed by atoms with Gasteiger partial charge in [0.15, 0.2) is 5.82 Å². The van der Waals surface area contributed by atoms with Crippen molar-refractivity contribution in [2.24, 2.45) is 7.05 Å². The maximum Gasteiger partial charge on any atom is 0.417 e. The molecule has 0 aliphatic heterocycles. The van der Waals surface area contributed by atoms with E-state index in [0.717, 1.165) is 44.1 Å². The quantitative estimate of drug-likeness (QED) is 0.145. The van der Waals surface area contributed by atoms with Crippen LogP contribution in [0.5, 0.6) is 5.75 Å². The number of carbonyl (C=O) groups is 1. The van der Waals surface area contributed by atoms with Gasteiger partial charge in [0.1, 0.15) is 23.2 Å². The fourth-order valence-corrected chi connectivity index (χ4v) is 7.27. The van der Waals surface area contributed by atoms with E-state index >= 15 is 0 Å². The van der Waals surface area contributed by atoms with Crippen molar-refractivity contribution in [3.8, 4) is 11.4 Å². The highest BCUT2D eigenvalue weighted by Gasteiger charge is 2.36. The highest BCUT2D eigenvalue weighted by Crippen LogP contribution is 2.39. The molecule has 54 heavy (non-hydrogen) atoms. The van der Waals surface area contributed by atoms with Gasteiger partial charge in [0.05, 0.1) is 64.0 Å². The van der Waals surface area contributed by atoms with Crippen molar-refractivity contribution < 1.29 is 45.0 Å². The number of rotatable bonds is 10. The first kappa shape index (κ1) is 38.0. The Morgan fingerprint density at radius 3 is 2.28 bits per heavy atom. The molecular formula is C35H28ClF5N6O6S. The van der Waals surface area contributed by atoms with Crippen LogP contribution in [0.15, 0.2) is 77.6 Å². The number of anilines is 1. The number of carboxylic acid groups (broad SMARTS) is 1. The largest absolute Gasteiger partial charge is 0.497 e. The molecule has 0 aliphatic rings. The molecule has 282 valence electrons. The number of methoxy groups -OCH3 is 1. The van der Waals surface area contributed by atoms with Gasteiger partial charge in [0.2, 0.25) is 10.0 Å². The van der Waals surface area contributed by atoms with E-state index in [1.165, 1.54) is 26.3 Å². The minimum absolute atomic E-state index is 0.0346. The van der Waals surface area contributed by atoms with Crippen LogP contribution in [0.3, 0.4) is 0 Å². The van der Waals surface area contributed by atoms with Gasteiger partial charge >= 0.3 is 12.3 Å². The number of fused-ring (bicyclic) bond motifs is 2. The van der Waals surface area contributed by atoms with Crippen molar-refractivity contribution in [3.63, 3.8) is 0 Å². The molecule has 2 aromatic heterocycles. The molecule has 0 saturated heterocycles. The van der Waals surface area contributed by atoms with Gasteiger partial charge in [-0.3, -0.25) is 14.0 Å². The standard InChI is InChI=1S/C35H28ClF5N6O6S/c1-45-30-27(12-11-24(36)29(30)32(44-45)46(54(3,51)52)17-18-7-9-22(53-2)10-8-18)47-31(26(43-34(49)50)15-19-13-20(37)16-21(38)14-19)42-25-6-4-5-23(35(39,40)41)28(25)33(47)48/h4-14,16,26,43H,15,17H2,1-3H3,(H,49,50)/t26-/m0/s1. The first-order valence-electron chi connectivity index (χ1n) is 15.7. The number of hydrogen-bond donors (Lipinski definition) is 2. The number of nitrogens with zero attached hydrogens (tertiary/aromatic N) is 5. The lowest BCUT2D eigenvalue weighted by Crippen LogP contribution is -2.35. The molecule has 19 heteroatoms. The first-order chi connectivity index (χ1) is 25.4. The Morgan fingerprint density at radius 2 is 1.69 bits per heavy atom.